The first kappa shape index (κ1) is 24.1. The van der Waals surface area contributed by atoms with Gasteiger partial charge in [-0.3, -0.25) is 9.59 Å². The van der Waals surface area contributed by atoms with Crippen LogP contribution in [-0.4, -0.2) is 65.7 Å². The number of benzene rings is 2. The molecule has 2 aliphatic carbocycles. The molecule has 0 heterocycles. The molecule has 0 aliphatic heterocycles. The fourth-order valence-electron chi connectivity index (χ4n) is 5.09. The van der Waals surface area contributed by atoms with Gasteiger partial charge in [0.15, 0.2) is 0 Å². The largest absolute Gasteiger partial charge is 0.480 e. The smallest absolute Gasteiger partial charge is 0.407 e. The molecule has 0 aromatic heterocycles. The van der Waals surface area contributed by atoms with Gasteiger partial charge < -0.3 is 20.1 Å². The average molecular weight is 483 g/mol. The van der Waals surface area contributed by atoms with E-state index in [0.29, 0.717) is 25.1 Å². The van der Waals surface area contributed by atoms with Crippen molar-refractivity contribution >= 4 is 29.7 Å². The Kier molecular flexibility index (Phi) is 7.77. The Hall–Kier alpha value is -3.00. The monoisotopic (exact) mass is 482 g/mol. The van der Waals surface area contributed by atoms with E-state index in [4.69, 9.17) is 4.74 Å². The molecule has 1 fully saturated rings. The number of nitrogens with zero attached hydrogens (tertiary/aromatic N) is 1. The number of carbonyl (C=O) groups is 3. The fourth-order valence-corrected chi connectivity index (χ4v) is 5.49. The van der Waals surface area contributed by atoms with Crippen molar-refractivity contribution < 1.29 is 24.2 Å². The first-order chi connectivity index (χ1) is 16.5. The molecule has 8 heteroatoms. The van der Waals surface area contributed by atoms with Crippen LogP contribution in [0.4, 0.5) is 4.79 Å². The number of carboxylic acids is 1. The number of ether oxygens (including phenoxy) is 1. The molecule has 0 spiro atoms. The Bertz CT molecular complexity index is 1010. The summed E-state index contributed by atoms with van der Waals surface area (Å²) in [6, 6.07) is 16.0. The molecule has 1 saturated carbocycles. The molecule has 180 valence electrons. The zero-order chi connectivity index (χ0) is 24.1. The molecule has 4 rings (SSSR count). The lowest BCUT2D eigenvalue weighted by Crippen LogP contribution is -2.47. The van der Waals surface area contributed by atoms with Crippen LogP contribution in [0, 0.1) is 5.92 Å². The Morgan fingerprint density at radius 2 is 1.71 bits per heavy atom. The summed E-state index contributed by atoms with van der Waals surface area (Å²) in [4.78, 5) is 38.4. The highest BCUT2D eigenvalue weighted by molar-refractivity contribution is 7.98. The number of carboxylic acid groups (broad SMARTS) is 1. The van der Waals surface area contributed by atoms with Crippen molar-refractivity contribution in [1.82, 2.24) is 10.2 Å². The van der Waals surface area contributed by atoms with Gasteiger partial charge in [0.25, 0.3) is 0 Å². The zero-order valence-electron chi connectivity index (χ0n) is 19.2. The highest BCUT2D eigenvalue weighted by atomic mass is 32.2. The second-order valence-corrected chi connectivity index (χ2v) is 9.75. The number of hydrogen-bond acceptors (Lipinski definition) is 5. The topological polar surface area (TPSA) is 95.9 Å². The molecule has 2 atom stereocenters. The average Bonchev–Trinajstić information content (AvgIpc) is 3.42. The Morgan fingerprint density at radius 1 is 1.06 bits per heavy atom. The van der Waals surface area contributed by atoms with Crippen LogP contribution >= 0.6 is 11.8 Å². The number of carbonyl (C=O) groups excluding carboxylic acids is 2. The van der Waals surface area contributed by atoms with Gasteiger partial charge in [0.1, 0.15) is 13.2 Å². The van der Waals surface area contributed by atoms with Crippen molar-refractivity contribution in [2.24, 2.45) is 5.92 Å². The molecule has 2 aliphatic rings. The van der Waals surface area contributed by atoms with Crippen LogP contribution in [0.2, 0.25) is 0 Å². The Labute approximate surface area is 203 Å². The minimum atomic E-state index is -1.03. The second-order valence-electron chi connectivity index (χ2n) is 8.76. The van der Waals surface area contributed by atoms with Crippen molar-refractivity contribution in [1.29, 1.82) is 0 Å². The van der Waals surface area contributed by atoms with Gasteiger partial charge in [-0.25, -0.2) is 4.79 Å². The van der Waals surface area contributed by atoms with Crippen molar-refractivity contribution in [2.45, 2.75) is 31.2 Å². The molecule has 0 saturated heterocycles. The van der Waals surface area contributed by atoms with E-state index in [2.05, 4.69) is 29.6 Å². The minimum Gasteiger partial charge on any atom is -0.480 e. The normalized spacial score (nSPS) is 18.7. The zero-order valence-corrected chi connectivity index (χ0v) is 20.1. The number of thioether (sulfide) groups is 1. The molecule has 2 unspecified atom stereocenters. The van der Waals surface area contributed by atoms with E-state index in [-0.39, 0.29) is 31.0 Å². The Morgan fingerprint density at radius 3 is 2.32 bits per heavy atom. The first-order valence-corrected chi connectivity index (χ1v) is 13.0. The lowest BCUT2D eigenvalue weighted by atomic mass is 9.98. The van der Waals surface area contributed by atoms with E-state index >= 15 is 0 Å². The molecule has 0 radical (unpaired) electrons. The first-order valence-electron chi connectivity index (χ1n) is 11.6. The third kappa shape index (κ3) is 5.22. The van der Waals surface area contributed by atoms with Gasteiger partial charge in [-0.05, 0) is 41.4 Å². The molecule has 2 aromatic carbocycles. The quantitative estimate of drug-likeness (QED) is 0.562. The van der Waals surface area contributed by atoms with E-state index in [0.717, 1.165) is 28.7 Å². The Balaban J connectivity index is 1.38. The molecule has 2 amide bonds. The van der Waals surface area contributed by atoms with Crippen LogP contribution in [0.15, 0.2) is 48.5 Å². The van der Waals surface area contributed by atoms with Gasteiger partial charge in [-0.1, -0.05) is 55.0 Å². The summed E-state index contributed by atoms with van der Waals surface area (Å²) in [7, 11) is 0. The van der Waals surface area contributed by atoms with E-state index in [9.17, 15) is 19.5 Å². The summed E-state index contributed by atoms with van der Waals surface area (Å²) < 4.78 is 5.65. The van der Waals surface area contributed by atoms with Crippen LogP contribution in [-0.2, 0) is 14.3 Å². The van der Waals surface area contributed by atoms with Gasteiger partial charge >= 0.3 is 12.1 Å². The molecule has 0 bridgehead atoms. The number of hydrogen-bond donors (Lipinski definition) is 2. The lowest BCUT2D eigenvalue weighted by molar-refractivity contribution is -0.146. The van der Waals surface area contributed by atoms with Gasteiger partial charge in [0.05, 0.1) is 5.92 Å². The fraction of sp³-hybridized carbons (Fsp3) is 0.423. The summed E-state index contributed by atoms with van der Waals surface area (Å²) >= 11 is 1.56. The van der Waals surface area contributed by atoms with Crippen molar-refractivity contribution in [3.63, 3.8) is 0 Å². The van der Waals surface area contributed by atoms with E-state index < -0.39 is 18.0 Å². The molecule has 2 N–H and O–H groups in total. The maximum atomic E-state index is 13.1. The molecular formula is C26H30N2O5S. The van der Waals surface area contributed by atoms with Crippen LogP contribution in [0.1, 0.15) is 36.3 Å². The number of fused-ring (bicyclic) bond motifs is 3. The molecule has 34 heavy (non-hydrogen) atoms. The summed E-state index contributed by atoms with van der Waals surface area (Å²) in [6.45, 7) is 0.262. The molecule has 7 nitrogen and oxygen atoms in total. The van der Waals surface area contributed by atoms with E-state index in [1.54, 1.807) is 11.8 Å². The van der Waals surface area contributed by atoms with Crippen LogP contribution in [0.5, 0.6) is 0 Å². The van der Waals surface area contributed by atoms with Gasteiger partial charge in [0.2, 0.25) is 5.91 Å². The third-order valence-electron chi connectivity index (χ3n) is 6.68. The van der Waals surface area contributed by atoms with E-state index in [1.165, 1.54) is 4.90 Å². The third-order valence-corrected chi connectivity index (χ3v) is 7.27. The van der Waals surface area contributed by atoms with E-state index in [1.807, 2.05) is 30.5 Å². The summed E-state index contributed by atoms with van der Waals surface area (Å²) in [5.74, 6) is -1.04. The second kappa shape index (κ2) is 11.0. The number of rotatable bonds is 9. The van der Waals surface area contributed by atoms with Crippen LogP contribution in [0.3, 0.4) is 0 Å². The summed E-state index contributed by atoms with van der Waals surface area (Å²) in [6.07, 6.45) is 3.47. The summed E-state index contributed by atoms with van der Waals surface area (Å²) in [5.41, 5.74) is 4.61. The molecular weight excluding hydrogens is 452 g/mol. The highest BCUT2D eigenvalue weighted by Gasteiger charge is 2.37. The number of aliphatic carboxylic acids is 1. The lowest BCUT2D eigenvalue weighted by Gasteiger charge is -2.27. The van der Waals surface area contributed by atoms with Gasteiger partial charge in [-0.2, -0.15) is 11.8 Å². The number of amides is 2. The van der Waals surface area contributed by atoms with Gasteiger partial charge in [0, 0.05) is 24.3 Å². The van der Waals surface area contributed by atoms with Gasteiger partial charge in [-0.15, -0.1) is 0 Å². The molecule has 2 aromatic rings. The minimum absolute atomic E-state index is 0.0308. The van der Waals surface area contributed by atoms with Crippen LogP contribution < -0.4 is 5.32 Å². The summed E-state index contributed by atoms with van der Waals surface area (Å²) in [5, 5.41) is 12.1. The maximum Gasteiger partial charge on any atom is 0.407 e. The maximum absolute atomic E-state index is 13.1. The number of alkyl carbamates (subject to hydrolysis) is 1. The highest BCUT2D eigenvalue weighted by Crippen LogP contribution is 2.44. The number of nitrogens with one attached hydrogen (secondary N) is 1. The van der Waals surface area contributed by atoms with Crippen molar-refractivity contribution in [3.8, 4) is 11.1 Å². The predicted octanol–water partition coefficient (Wildman–Crippen LogP) is 3.97. The SMILES string of the molecule is CSCCN(CC(=O)O)C(=O)C1CCCC1NC(=O)OCC1c2ccccc2-c2ccccc21. The standard InChI is InChI=1S/C26H30N2O5S/c1-34-14-13-28(15-24(29)30)25(31)21-11-6-12-23(21)27-26(32)33-16-22-19-9-4-2-7-17(19)18-8-3-5-10-20(18)22/h2-5,7-10,21-23H,6,11-16H2,1H3,(H,27,32)(H,29,30). The predicted molar refractivity (Wildman–Crippen MR) is 132 cm³/mol. The van der Waals surface area contributed by atoms with Crippen molar-refractivity contribution in [3.05, 3.63) is 59.7 Å². The van der Waals surface area contributed by atoms with Crippen LogP contribution in [0.25, 0.3) is 11.1 Å². The van der Waals surface area contributed by atoms with Crippen molar-refractivity contribution in [2.75, 3.05) is 31.7 Å².